The van der Waals surface area contributed by atoms with Crippen LogP contribution in [0.1, 0.15) is 13.8 Å². The lowest BCUT2D eigenvalue weighted by molar-refractivity contribution is -0.137. The van der Waals surface area contributed by atoms with E-state index in [4.69, 9.17) is 10.1 Å². The minimum atomic E-state index is -0.456. The number of rotatable bonds is 5. The van der Waals surface area contributed by atoms with Crippen LogP contribution in [0, 0.1) is 5.41 Å². The number of hydrogen-bond acceptors (Lipinski definition) is 4. The summed E-state index contributed by atoms with van der Waals surface area (Å²) < 4.78 is 4.95. The van der Waals surface area contributed by atoms with E-state index in [0.29, 0.717) is 13.2 Å². The molecule has 74 valence electrons. The standard InChI is InChI=1S/C8H13IN2O2/c1-3-11-5-6(7(9)10)8(12)13-4-2/h5,10-11H,3-4H2,1-2H3/b6-5+,10-7?. The quantitative estimate of drug-likeness (QED) is 0.349. The smallest absolute Gasteiger partial charge is 0.342 e. The monoisotopic (exact) mass is 296 g/mol. The molecule has 0 heterocycles. The van der Waals surface area contributed by atoms with Gasteiger partial charge in [-0.2, -0.15) is 0 Å². The minimum Gasteiger partial charge on any atom is -0.462 e. The van der Waals surface area contributed by atoms with E-state index in [1.54, 1.807) is 29.5 Å². The largest absolute Gasteiger partial charge is 0.462 e. The molecule has 0 bridgehead atoms. The summed E-state index contributed by atoms with van der Waals surface area (Å²) in [4.78, 5) is 11.2. The molecule has 0 aliphatic carbocycles. The Morgan fingerprint density at radius 3 is 2.62 bits per heavy atom. The van der Waals surface area contributed by atoms with E-state index in [0.717, 1.165) is 0 Å². The molecule has 0 aliphatic rings. The maximum atomic E-state index is 11.2. The van der Waals surface area contributed by atoms with E-state index in [1.807, 2.05) is 6.92 Å². The summed E-state index contributed by atoms with van der Waals surface area (Å²) in [5.74, 6) is -0.456. The van der Waals surface area contributed by atoms with Crippen molar-refractivity contribution in [2.75, 3.05) is 13.2 Å². The summed E-state index contributed by atoms with van der Waals surface area (Å²) in [6.45, 7) is 4.69. The van der Waals surface area contributed by atoms with Gasteiger partial charge in [-0.3, -0.25) is 5.41 Å². The van der Waals surface area contributed by atoms with Crippen molar-refractivity contribution < 1.29 is 9.53 Å². The van der Waals surface area contributed by atoms with E-state index in [1.165, 1.54) is 6.20 Å². The zero-order valence-electron chi connectivity index (χ0n) is 7.69. The van der Waals surface area contributed by atoms with Gasteiger partial charge in [-0.15, -0.1) is 0 Å². The zero-order valence-corrected chi connectivity index (χ0v) is 9.84. The molecule has 5 heteroatoms. The predicted molar refractivity (Wildman–Crippen MR) is 60.1 cm³/mol. The van der Waals surface area contributed by atoms with Crippen molar-refractivity contribution >= 4 is 32.3 Å². The average molecular weight is 296 g/mol. The first-order valence-electron chi connectivity index (χ1n) is 3.98. The lowest BCUT2D eigenvalue weighted by Gasteiger charge is -2.04. The van der Waals surface area contributed by atoms with Crippen molar-refractivity contribution in [3.63, 3.8) is 0 Å². The van der Waals surface area contributed by atoms with E-state index < -0.39 is 5.97 Å². The molecule has 0 aromatic heterocycles. The molecule has 0 rings (SSSR count). The summed E-state index contributed by atoms with van der Waals surface area (Å²) >= 11 is 1.77. The molecule has 0 fully saturated rings. The second-order valence-corrected chi connectivity index (χ2v) is 3.23. The van der Waals surface area contributed by atoms with Crippen molar-refractivity contribution in [2.24, 2.45) is 0 Å². The van der Waals surface area contributed by atoms with Gasteiger partial charge in [0.2, 0.25) is 0 Å². The third-order valence-corrected chi connectivity index (χ3v) is 1.76. The molecule has 0 radical (unpaired) electrons. The van der Waals surface area contributed by atoms with Gasteiger partial charge in [0.25, 0.3) is 0 Å². The van der Waals surface area contributed by atoms with E-state index >= 15 is 0 Å². The summed E-state index contributed by atoms with van der Waals surface area (Å²) in [6, 6.07) is 0. The van der Waals surface area contributed by atoms with Gasteiger partial charge in [0.15, 0.2) is 0 Å². The fourth-order valence-electron chi connectivity index (χ4n) is 0.625. The highest BCUT2D eigenvalue weighted by Gasteiger charge is 2.13. The lowest BCUT2D eigenvalue weighted by Crippen LogP contribution is -2.15. The van der Waals surface area contributed by atoms with Gasteiger partial charge in [-0.1, -0.05) is 0 Å². The molecule has 0 atom stereocenters. The van der Waals surface area contributed by atoms with Crippen LogP contribution in [0.4, 0.5) is 0 Å². The van der Waals surface area contributed by atoms with Gasteiger partial charge in [0.1, 0.15) is 9.29 Å². The molecule has 13 heavy (non-hydrogen) atoms. The van der Waals surface area contributed by atoms with Crippen LogP contribution < -0.4 is 5.32 Å². The Morgan fingerprint density at radius 1 is 1.62 bits per heavy atom. The molecular formula is C8H13IN2O2. The third-order valence-electron chi connectivity index (χ3n) is 1.18. The molecule has 4 nitrogen and oxygen atoms in total. The third kappa shape index (κ3) is 4.87. The Morgan fingerprint density at radius 2 is 2.23 bits per heavy atom. The van der Waals surface area contributed by atoms with Crippen molar-refractivity contribution in [2.45, 2.75) is 13.8 Å². The Labute approximate surface area is 91.4 Å². The maximum Gasteiger partial charge on any atom is 0.342 e. The predicted octanol–water partition coefficient (Wildman–Crippen LogP) is 1.46. The number of hydrogen-bond donors (Lipinski definition) is 2. The van der Waals surface area contributed by atoms with Crippen molar-refractivity contribution in [3.8, 4) is 0 Å². The molecule has 0 unspecified atom stereocenters. The average Bonchev–Trinajstić information content (AvgIpc) is 2.05. The van der Waals surface area contributed by atoms with Crippen molar-refractivity contribution in [1.29, 1.82) is 5.41 Å². The van der Waals surface area contributed by atoms with Crippen molar-refractivity contribution in [1.82, 2.24) is 5.32 Å². The van der Waals surface area contributed by atoms with Crippen LogP contribution in [0.25, 0.3) is 0 Å². The zero-order chi connectivity index (χ0) is 10.3. The highest BCUT2D eigenvalue weighted by Crippen LogP contribution is 2.05. The van der Waals surface area contributed by atoms with Gasteiger partial charge in [-0.05, 0) is 36.4 Å². The molecule has 0 amide bonds. The summed E-state index contributed by atoms with van der Waals surface area (Å²) in [5, 5.41) is 10.2. The minimum absolute atomic E-state index is 0.178. The van der Waals surface area contributed by atoms with Crippen LogP contribution in [-0.2, 0) is 9.53 Å². The molecule has 2 N–H and O–H groups in total. The molecule has 0 spiro atoms. The lowest BCUT2D eigenvalue weighted by atomic mass is 10.3. The van der Waals surface area contributed by atoms with Crippen LogP contribution in [0.15, 0.2) is 11.8 Å². The number of esters is 1. The topological polar surface area (TPSA) is 62.2 Å². The first kappa shape index (κ1) is 12.4. The van der Waals surface area contributed by atoms with E-state index in [-0.39, 0.29) is 9.29 Å². The molecule has 0 aromatic rings. The number of carbonyl (C=O) groups is 1. The Bertz CT molecular complexity index is 226. The molecule has 0 saturated heterocycles. The van der Waals surface area contributed by atoms with Gasteiger partial charge < -0.3 is 10.1 Å². The van der Waals surface area contributed by atoms with Gasteiger partial charge in [-0.25, -0.2) is 4.79 Å². The fraction of sp³-hybridized carbons (Fsp3) is 0.500. The highest BCUT2D eigenvalue weighted by molar-refractivity contribution is 14.1. The number of nitrogens with one attached hydrogen (secondary N) is 2. The summed E-state index contributed by atoms with van der Waals surface area (Å²) in [7, 11) is 0. The Kier molecular flexibility index (Phi) is 6.56. The Balaban J connectivity index is 4.41. The van der Waals surface area contributed by atoms with Crippen LogP contribution >= 0.6 is 22.6 Å². The normalized spacial score (nSPS) is 10.8. The second-order valence-electron chi connectivity index (χ2n) is 2.15. The highest BCUT2D eigenvalue weighted by atomic mass is 127. The van der Waals surface area contributed by atoms with Crippen molar-refractivity contribution in [3.05, 3.63) is 11.8 Å². The van der Waals surface area contributed by atoms with Gasteiger partial charge >= 0.3 is 5.97 Å². The molecular weight excluding hydrogens is 283 g/mol. The summed E-state index contributed by atoms with van der Waals surface area (Å²) in [5.41, 5.74) is 0.268. The Hall–Kier alpha value is -0.590. The van der Waals surface area contributed by atoms with Gasteiger partial charge in [0, 0.05) is 12.7 Å². The number of carbonyl (C=O) groups excluding carboxylic acids is 1. The second kappa shape index (κ2) is 6.88. The SMILES string of the molecule is CCN/C=C(\C(=N)I)C(=O)OCC. The van der Waals surface area contributed by atoms with Crippen LogP contribution in [0.5, 0.6) is 0 Å². The molecule has 0 aliphatic heterocycles. The van der Waals surface area contributed by atoms with Crippen LogP contribution in [0.3, 0.4) is 0 Å². The first-order chi connectivity index (χ1) is 6.13. The van der Waals surface area contributed by atoms with Crippen LogP contribution in [0.2, 0.25) is 0 Å². The van der Waals surface area contributed by atoms with E-state index in [9.17, 15) is 4.79 Å². The summed E-state index contributed by atoms with van der Waals surface area (Å²) in [6.07, 6.45) is 1.51. The van der Waals surface area contributed by atoms with Gasteiger partial charge in [0.05, 0.1) is 6.61 Å². The maximum absolute atomic E-state index is 11.2. The number of ether oxygens (including phenoxy) is 1. The van der Waals surface area contributed by atoms with Crippen LogP contribution in [-0.4, -0.2) is 22.8 Å². The number of halogens is 1. The molecule has 0 saturated carbocycles. The van der Waals surface area contributed by atoms with E-state index in [2.05, 4.69) is 5.32 Å². The first-order valence-corrected chi connectivity index (χ1v) is 5.06. The fourth-order valence-corrected chi connectivity index (χ4v) is 1.00. The molecule has 0 aromatic carbocycles.